The van der Waals surface area contributed by atoms with Gasteiger partial charge < -0.3 is 19.5 Å². The Balaban J connectivity index is 1.58. The maximum absolute atomic E-state index is 13.3. The van der Waals surface area contributed by atoms with E-state index in [4.69, 9.17) is 14.5 Å². The monoisotopic (exact) mass is 645 g/mol. The lowest BCUT2D eigenvalue weighted by molar-refractivity contribution is -0.160. The number of carboxylic acids is 1. The lowest BCUT2D eigenvalue weighted by atomic mass is 9.81. The molecule has 0 spiro atoms. The van der Waals surface area contributed by atoms with Crippen molar-refractivity contribution in [2.75, 3.05) is 37.7 Å². The van der Waals surface area contributed by atoms with E-state index in [1.165, 1.54) is 31.4 Å². The second-order valence-electron chi connectivity index (χ2n) is 15.0. The molecule has 0 aliphatic carbocycles. The van der Waals surface area contributed by atoms with Gasteiger partial charge >= 0.3 is 5.97 Å². The molecule has 1 unspecified atom stereocenters. The van der Waals surface area contributed by atoms with Crippen LogP contribution in [-0.4, -0.2) is 59.3 Å². The number of carbonyl (C=O) groups is 1. The lowest BCUT2D eigenvalue weighted by Crippen LogP contribution is -2.39. The van der Waals surface area contributed by atoms with Gasteiger partial charge in [-0.3, -0.25) is 9.88 Å². The van der Waals surface area contributed by atoms with Crippen molar-refractivity contribution in [3.05, 3.63) is 76.9 Å². The molecule has 1 N–H and O–H groups in total. The summed E-state index contributed by atoms with van der Waals surface area (Å²) in [6.45, 7) is 17.1. The molecule has 7 nitrogen and oxygen atoms in total. The zero-order chi connectivity index (χ0) is 33.8. The predicted molar refractivity (Wildman–Crippen MR) is 186 cm³/mol. The van der Waals surface area contributed by atoms with Crippen LogP contribution in [0.1, 0.15) is 95.3 Å². The van der Waals surface area contributed by atoms with E-state index in [9.17, 15) is 14.3 Å². The Morgan fingerprint density at radius 1 is 0.979 bits per heavy atom. The van der Waals surface area contributed by atoms with Crippen LogP contribution < -0.4 is 9.64 Å². The second kappa shape index (κ2) is 14.7. The number of hydrogen-bond donors (Lipinski definition) is 1. The van der Waals surface area contributed by atoms with Crippen LogP contribution in [0.2, 0.25) is 0 Å². The van der Waals surface area contributed by atoms with Gasteiger partial charge in [0.1, 0.15) is 11.6 Å². The number of carboxylic acid groups (broad SMARTS) is 1. The summed E-state index contributed by atoms with van der Waals surface area (Å²) < 4.78 is 25.7. The SMILES string of the molecule is Cc1nc(CN2CCCCC2)c(-c2ccc(OCCc3ccc(F)cc3)cc2)c(N2CCC(C)(C)CC2)c1C(OC(C)(C)C)C(=O)O. The van der Waals surface area contributed by atoms with E-state index in [0.29, 0.717) is 30.8 Å². The maximum Gasteiger partial charge on any atom is 0.337 e. The smallest absolute Gasteiger partial charge is 0.337 e. The molecule has 1 aromatic heterocycles. The van der Waals surface area contributed by atoms with Crippen LogP contribution in [0.4, 0.5) is 10.1 Å². The molecule has 0 amide bonds. The minimum absolute atomic E-state index is 0.219. The van der Waals surface area contributed by atoms with Crippen molar-refractivity contribution in [3.8, 4) is 16.9 Å². The molecule has 2 aromatic carbocycles. The van der Waals surface area contributed by atoms with Crippen LogP contribution in [0.15, 0.2) is 48.5 Å². The van der Waals surface area contributed by atoms with E-state index in [0.717, 1.165) is 72.8 Å². The third-order valence-electron chi connectivity index (χ3n) is 9.40. The first-order chi connectivity index (χ1) is 22.3. The highest BCUT2D eigenvalue weighted by molar-refractivity contribution is 5.88. The average Bonchev–Trinajstić information content (AvgIpc) is 3.01. The number of aromatic nitrogens is 1. The molecule has 1 atom stereocenters. The van der Waals surface area contributed by atoms with Gasteiger partial charge in [-0.05, 0) is 107 Å². The van der Waals surface area contributed by atoms with Crippen LogP contribution in [-0.2, 0) is 22.5 Å². The van der Waals surface area contributed by atoms with Crippen LogP contribution in [0, 0.1) is 18.2 Å². The maximum atomic E-state index is 13.3. The third-order valence-corrected chi connectivity index (χ3v) is 9.40. The van der Waals surface area contributed by atoms with Gasteiger partial charge in [0.15, 0.2) is 6.10 Å². The minimum Gasteiger partial charge on any atom is -0.493 e. The summed E-state index contributed by atoms with van der Waals surface area (Å²) in [6, 6.07) is 14.6. The zero-order valence-electron chi connectivity index (χ0n) is 29.1. The van der Waals surface area contributed by atoms with E-state index in [1.807, 2.05) is 39.8 Å². The first-order valence-electron chi connectivity index (χ1n) is 17.2. The Kier molecular flexibility index (Phi) is 10.9. The molecule has 2 fully saturated rings. The van der Waals surface area contributed by atoms with Crippen molar-refractivity contribution in [2.45, 2.75) is 98.3 Å². The van der Waals surface area contributed by atoms with Gasteiger partial charge in [-0.15, -0.1) is 0 Å². The summed E-state index contributed by atoms with van der Waals surface area (Å²) in [6.07, 6.45) is 5.12. The van der Waals surface area contributed by atoms with Gasteiger partial charge in [-0.1, -0.05) is 44.5 Å². The summed E-state index contributed by atoms with van der Waals surface area (Å²) >= 11 is 0. The molecule has 8 heteroatoms. The molecule has 2 aliphatic rings. The van der Waals surface area contributed by atoms with Crippen molar-refractivity contribution in [1.29, 1.82) is 0 Å². The molecule has 5 rings (SSSR count). The summed E-state index contributed by atoms with van der Waals surface area (Å²) in [4.78, 5) is 23.0. The first-order valence-corrected chi connectivity index (χ1v) is 17.2. The van der Waals surface area contributed by atoms with Crippen molar-refractivity contribution >= 4 is 11.7 Å². The zero-order valence-corrected chi connectivity index (χ0v) is 29.1. The number of benzene rings is 2. The highest BCUT2D eigenvalue weighted by atomic mass is 19.1. The van der Waals surface area contributed by atoms with Gasteiger partial charge in [0, 0.05) is 42.9 Å². The van der Waals surface area contributed by atoms with E-state index in [-0.39, 0.29) is 11.2 Å². The Morgan fingerprint density at radius 3 is 2.21 bits per heavy atom. The number of piperidine rings is 2. The van der Waals surface area contributed by atoms with E-state index in [1.54, 1.807) is 12.1 Å². The standard InChI is InChI=1S/C39H52FN3O4/c1-27-33(36(37(44)45)47-38(2,3)4)35(43-23-19-39(5,6)20-24-43)34(32(41-27)26-42-21-8-7-9-22-42)29-12-16-31(17-13-29)46-25-18-28-10-14-30(40)15-11-28/h10-17,36H,7-9,18-26H2,1-6H3,(H,44,45). The van der Waals surface area contributed by atoms with E-state index in [2.05, 4.69) is 35.8 Å². The van der Waals surface area contributed by atoms with E-state index >= 15 is 0 Å². The fraction of sp³-hybridized carbons (Fsp3) is 0.538. The van der Waals surface area contributed by atoms with Gasteiger partial charge in [0.25, 0.3) is 0 Å². The highest BCUT2D eigenvalue weighted by Crippen LogP contribution is 2.45. The molecule has 0 bridgehead atoms. The number of hydrogen-bond acceptors (Lipinski definition) is 6. The number of anilines is 1. The number of ether oxygens (including phenoxy) is 2. The normalized spacial score (nSPS) is 17.8. The highest BCUT2D eigenvalue weighted by Gasteiger charge is 2.37. The molecule has 3 heterocycles. The van der Waals surface area contributed by atoms with Gasteiger partial charge in [-0.2, -0.15) is 0 Å². The summed E-state index contributed by atoms with van der Waals surface area (Å²) in [5.74, 6) is -0.511. The quantitative estimate of drug-likeness (QED) is 0.225. The molecule has 2 saturated heterocycles. The number of nitrogens with zero attached hydrogens (tertiary/aromatic N) is 3. The number of aliphatic carboxylic acids is 1. The molecular formula is C39H52FN3O4. The predicted octanol–water partition coefficient (Wildman–Crippen LogP) is 8.37. The van der Waals surface area contributed by atoms with E-state index < -0.39 is 17.7 Å². The Bertz CT molecular complexity index is 1500. The lowest BCUT2D eigenvalue weighted by Gasteiger charge is -2.41. The minimum atomic E-state index is -1.16. The summed E-state index contributed by atoms with van der Waals surface area (Å²) in [5.41, 5.74) is 5.78. The van der Waals surface area contributed by atoms with Crippen LogP contribution in [0.25, 0.3) is 11.1 Å². The molecule has 0 saturated carbocycles. The Hall–Kier alpha value is -3.49. The molecule has 47 heavy (non-hydrogen) atoms. The Morgan fingerprint density at radius 2 is 1.62 bits per heavy atom. The van der Waals surface area contributed by atoms with Crippen LogP contribution >= 0.6 is 0 Å². The summed E-state index contributed by atoms with van der Waals surface area (Å²) in [7, 11) is 0. The second-order valence-corrected chi connectivity index (χ2v) is 15.0. The summed E-state index contributed by atoms with van der Waals surface area (Å²) in [5, 5.41) is 10.6. The molecular weight excluding hydrogens is 593 g/mol. The van der Waals surface area contributed by atoms with Crippen LogP contribution in [0.3, 0.4) is 0 Å². The molecule has 0 radical (unpaired) electrons. The number of halogens is 1. The average molecular weight is 646 g/mol. The molecule has 3 aromatic rings. The largest absolute Gasteiger partial charge is 0.493 e. The van der Waals surface area contributed by atoms with Gasteiger partial charge in [0.2, 0.25) is 0 Å². The van der Waals surface area contributed by atoms with Crippen molar-refractivity contribution in [3.63, 3.8) is 0 Å². The number of rotatable bonds is 11. The number of likely N-dealkylation sites (tertiary alicyclic amines) is 1. The van der Waals surface area contributed by atoms with Crippen molar-refractivity contribution in [2.24, 2.45) is 5.41 Å². The van der Waals surface area contributed by atoms with Crippen LogP contribution in [0.5, 0.6) is 5.75 Å². The number of aryl methyl sites for hydroxylation is 1. The molecule has 2 aliphatic heterocycles. The fourth-order valence-electron chi connectivity index (χ4n) is 6.73. The molecule has 254 valence electrons. The first kappa shape index (κ1) is 34.8. The van der Waals surface area contributed by atoms with Gasteiger partial charge in [0.05, 0.1) is 23.6 Å². The van der Waals surface area contributed by atoms with Gasteiger partial charge in [-0.25, -0.2) is 9.18 Å². The van der Waals surface area contributed by atoms with Crippen molar-refractivity contribution in [1.82, 2.24) is 9.88 Å². The third kappa shape index (κ3) is 9.11. The number of pyridine rings is 1. The topological polar surface area (TPSA) is 75.1 Å². The van der Waals surface area contributed by atoms with Crippen molar-refractivity contribution < 1.29 is 23.8 Å². The Labute approximate surface area is 280 Å². The fourth-order valence-corrected chi connectivity index (χ4v) is 6.73.